The second-order valence-corrected chi connectivity index (χ2v) is 4.29. The van der Waals surface area contributed by atoms with E-state index < -0.39 is 6.04 Å². The van der Waals surface area contributed by atoms with Gasteiger partial charge in [-0.15, -0.1) is 0 Å². The average molecular weight is 230 g/mol. The summed E-state index contributed by atoms with van der Waals surface area (Å²) in [5.41, 5.74) is 7.16. The van der Waals surface area contributed by atoms with E-state index in [-0.39, 0.29) is 17.4 Å². The fraction of sp³-hybridized carbons (Fsp3) is 0.455. The number of phenolic OH excluding ortho intramolecular Hbond substituents is 1. The van der Waals surface area contributed by atoms with Crippen LogP contribution >= 0.6 is 11.6 Å². The third kappa shape index (κ3) is 2.62. The lowest BCUT2D eigenvalue weighted by Crippen LogP contribution is -2.15. The number of nitrogens with two attached hydrogens (primary N) is 1. The maximum Gasteiger partial charge on any atom is 0.139 e. The molecule has 0 fully saturated rings. The van der Waals surface area contributed by atoms with Crippen molar-refractivity contribution in [2.24, 2.45) is 5.73 Å². The minimum absolute atomic E-state index is 0.0392. The molecule has 0 saturated carbocycles. The lowest BCUT2D eigenvalue weighted by molar-refractivity contribution is 0.265. The number of hydrogen-bond donors (Lipinski definition) is 3. The number of hydrogen-bond acceptors (Lipinski definition) is 3. The number of aliphatic hydroxyl groups is 1. The van der Waals surface area contributed by atoms with Gasteiger partial charge < -0.3 is 15.9 Å². The molecule has 0 aliphatic rings. The Balaban J connectivity index is 3.25. The first-order valence-corrected chi connectivity index (χ1v) is 5.24. The summed E-state index contributed by atoms with van der Waals surface area (Å²) in [6.45, 7) is 3.83. The van der Waals surface area contributed by atoms with Gasteiger partial charge in [-0.1, -0.05) is 31.5 Å². The monoisotopic (exact) mass is 229 g/mol. The Morgan fingerprint density at radius 2 is 2.00 bits per heavy atom. The summed E-state index contributed by atoms with van der Waals surface area (Å²) in [5.74, 6) is 0.260. The second kappa shape index (κ2) is 4.84. The summed E-state index contributed by atoms with van der Waals surface area (Å²) in [6, 6.07) is 2.91. The normalized spacial score (nSPS) is 13.2. The SMILES string of the molecule is CC(C)c1cc(Cl)c(O)c([C@H](N)CO)c1. The molecule has 0 bridgehead atoms. The summed E-state index contributed by atoms with van der Waals surface area (Å²) in [4.78, 5) is 0. The average Bonchev–Trinajstić information content (AvgIpc) is 2.20. The van der Waals surface area contributed by atoms with Crippen LogP contribution in [0.5, 0.6) is 5.75 Å². The Morgan fingerprint density at radius 1 is 1.40 bits per heavy atom. The van der Waals surface area contributed by atoms with E-state index in [9.17, 15) is 5.11 Å². The number of aliphatic hydroxyl groups excluding tert-OH is 1. The molecule has 0 unspecified atom stereocenters. The van der Waals surface area contributed by atoms with E-state index in [0.29, 0.717) is 11.5 Å². The molecule has 0 aliphatic carbocycles. The van der Waals surface area contributed by atoms with Crippen LogP contribution in [-0.4, -0.2) is 16.8 Å². The fourth-order valence-corrected chi connectivity index (χ4v) is 1.59. The highest BCUT2D eigenvalue weighted by Gasteiger charge is 2.15. The first kappa shape index (κ1) is 12.3. The molecule has 4 N–H and O–H groups in total. The van der Waals surface area contributed by atoms with E-state index in [4.69, 9.17) is 22.4 Å². The quantitative estimate of drug-likeness (QED) is 0.744. The summed E-state index contributed by atoms with van der Waals surface area (Å²) in [5, 5.41) is 18.9. The first-order chi connectivity index (χ1) is 6.97. The predicted molar refractivity (Wildman–Crippen MR) is 61.2 cm³/mol. The van der Waals surface area contributed by atoms with Crippen molar-refractivity contribution < 1.29 is 10.2 Å². The molecule has 1 aromatic carbocycles. The summed E-state index contributed by atoms with van der Waals surface area (Å²) >= 11 is 5.88. The van der Waals surface area contributed by atoms with E-state index in [0.717, 1.165) is 5.56 Å². The van der Waals surface area contributed by atoms with Crippen LogP contribution in [-0.2, 0) is 0 Å². The Labute approximate surface area is 94.5 Å². The highest BCUT2D eigenvalue weighted by Crippen LogP contribution is 2.34. The number of aromatic hydroxyl groups is 1. The molecule has 0 amide bonds. The smallest absolute Gasteiger partial charge is 0.139 e. The van der Waals surface area contributed by atoms with E-state index in [1.165, 1.54) is 0 Å². The van der Waals surface area contributed by atoms with Crippen molar-refractivity contribution >= 4 is 11.6 Å². The van der Waals surface area contributed by atoms with Crippen LogP contribution in [0.3, 0.4) is 0 Å². The molecule has 84 valence electrons. The minimum Gasteiger partial charge on any atom is -0.506 e. The summed E-state index contributed by atoms with van der Waals surface area (Å²) in [6.07, 6.45) is 0. The van der Waals surface area contributed by atoms with Gasteiger partial charge >= 0.3 is 0 Å². The van der Waals surface area contributed by atoms with Crippen LogP contribution in [0.4, 0.5) is 0 Å². The molecule has 0 heterocycles. The van der Waals surface area contributed by atoms with Gasteiger partial charge in [0.15, 0.2) is 0 Å². The van der Waals surface area contributed by atoms with Gasteiger partial charge in [-0.3, -0.25) is 0 Å². The van der Waals surface area contributed by atoms with Crippen LogP contribution in [0, 0.1) is 0 Å². The van der Waals surface area contributed by atoms with Gasteiger partial charge in [-0.2, -0.15) is 0 Å². The molecule has 3 nitrogen and oxygen atoms in total. The topological polar surface area (TPSA) is 66.5 Å². The van der Waals surface area contributed by atoms with Gasteiger partial charge in [0.1, 0.15) is 5.75 Å². The Kier molecular flexibility index (Phi) is 3.97. The fourth-order valence-electron chi connectivity index (χ4n) is 1.36. The molecule has 0 spiro atoms. The van der Waals surface area contributed by atoms with Gasteiger partial charge in [-0.25, -0.2) is 0 Å². The maximum atomic E-state index is 9.68. The number of phenols is 1. The number of rotatable bonds is 3. The number of halogens is 1. The van der Waals surface area contributed by atoms with Crippen LogP contribution in [0.2, 0.25) is 5.02 Å². The molecule has 0 aromatic heterocycles. The van der Waals surface area contributed by atoms with Crippen LogP contribution in [0.15, 0.2) is 12.1 Å². The Hall–Kier alpha value is -0.770. The summed E-state index contributed by atoms with van der Waals surface area (Å²) < 4.78 is 0. The van der Waals surface area contributed by atoms with Crippen molar-refractivity contribution in [3.8, 4) is 5.75 Å². The van der Waals surface area contributed by atoms with Crippen LogP contribution in [0.1, 0.15) is 36.9 Å². The zero-order valence-electron chi connectivity index (χ0n) is 8.87. The molecule has 0 aliphatic heterocycles. The van der Waals surface area contributed by atoms with E-state index in [1.54, 1.807) is 12.1 Å². The Bertz CT molecular complexity index is 353. The second-order valence-electron chi connectivity index (χ2n) is 3.88. The van der Waals surface area contributed by atoms with Crippen molar-refractivity contribution in [3.05, 3.63) is 28.3 Å². The molecular formula is C11H16ClNO2. The molecule has 15 heavy (non-hydrogen) atoms. The molecule has 0 saturated heterocycles. The van der Waals surface area contributed by atoms with Crippen molar-refractivity contribution in [1.82, 2.24) is 0 Å². The lowest BCUT2D eigenvalue weighted by Gasteiger charge is -2.15. The molecular weight excluding hydrogens is 214 g/mol. The van der Waals surface area contributed by atoms with Crippen molar-refractivity contribution in [3.63, 3.8) is 0 Å². The number of benzene rings is 1. The summed E-state index contributed by atoms with van der Waals surface area (Å²) in [7, 11) is 0. The lowest BCUT2D eigenvalue weighted by atomic mass is 9.97. The molecule has 1 atom stereocenters. The Morgan fingerprint density at radius 3 is 2.47 bits per heavy atom. The van der Waals surface area contributed by atoms with Crippen LogP contribution in [0.25, 0.3) is 0 Å². The molecule has 1 rings (SSSR count). The zero-order chi connectivity index (χ0) is 11.6. The van der Waals surface area contributed by atoms with E-state index in [1.807, 2.05) is 13.8 Å². The third-order valence-electron chi connectivity index (χ3n) is 2.38. The minimum atomic E-state index is -0.596. The van der Waals surface area contributed by atoms with Gasteiger partial charge in [0.25, 0.3) is 0 Å². The van der Waals surface area contributed by atoms with Crippen molar-refractivity contribution in [1.29, 1.82) is 0 Å². The standard InChI is InChI=1S/C11H16ClNO2/c1-6(2)7-3-8(10(13)5-14)11(15)9(12)4-7/h3-4,6,10,14-15H,5,13H2,1-2H3/t10-/m1/s1. The largest absolute Gasteiger partial charge is 0.506 e. The highest BCUT2D eigenvalue weighted by molar-refractivity contribution is 6.32. The predicted octanol–water partition coefficient (Wildman–Crippen LogP) is 2.16. The zero-order valence-corrected chi connectivity index (χ0v) is 9.62. The molecule has 0 radical (unpaired) electrons. The van der Waals surface area contributed by atoms with E-state index >= 15 is 0 Å². The molecule has 1 aromatic rings. The van der Waals surface area contributed by atoms with Crippen molar-refractivity contribution in [2.75, 3.05) is 6.61 Å². The van der Waals surface area contributed by atoms with Gasteiger partial charge in [-0.05, 0) is 17.5 Å². The van der Waals surface area contributed by atoms with Crippen molar-refractivity contribution in [2.45, 2.75) is 25.8 Å². The highest BCUT2D eigenvalue weighted by atomic mass is 35.5. The van der Waals surface area contributed by atoms with Gasteiger partial charge in [0.2, 0.25) is 0 Å². The van der Waals surface area contributed by atoms with Gasteiger partial charge in [0, 0.05) is 5.56 Å². The third-order valence-corrected chi connectivity index (χ3v) is 2.67. The van der Waals surface area contributed by atoms with E-state index in [2.05, 4.69) is 0 Å². The van der Waals surface area contributed by atoms with Gasteiger partial charge in [0.05, 0.1) is 17.7 Å². The van der Waals surface area contributed by atoms with Crippen LogP contribution < -0.4 is 5.73 Å². The maximum absolute atomic E-state index is 9.68. The first-order valence-electron chi connectivity index (χ1n) is 4.86. The molecule has 4 heteroatoms.